The summed E-state index contributed by atoms with van der Waals surface area (Å²) in [6, 6.07) is 5.68. The minimum atomic E-state index is -0.324. The van der Waals surface area contributed by atoms with Gasteiger partial charge in [-0.2, -0.15) is 0 Å². The molecule has 7 heteroatoms. The van der Waals surface area contributed by atoms with Crippen molar-refractivity contribution < 1.29 is 9.18 Å². The first kappa shape index (κ1) is 17.7. The number of benzene rings is 1. The SMILES string of the molecule is CN=C(NCC(=O)Nc1ccc(F)cc1)N1CCCC1.I. The lowest BCUT2D eigenvalue weighted by Crippen LogP contribution is -2.42. The molecule has 0 unspecified atom stereocenters. The first-order chi connectivity index (χ1) is 9.69. The number of anilines is 1. The number of likely N-dealkylation sites (tertiary alicyclic amines) is 1. The van der Waals surface area contributed by atoms with Gasteiger partial charge in [0.1, 0.15) is 5.82 Å². The lowest BCUT2D eigenvalue weighted by molar-refractivity contribution is -0.115. The summed E-state index contributed by atoms with van der Waals surface area (Å²) < 4.78 is 12.8. The van der Waals surface area contributed by atoms with Crippen LogP contribution >= 0.6 is 24.0 Å². The highest BCUT2D eigenvalue weighted by Gasteiger charge is 2.16. The summed E-state index contributed by atoms with van der Waals surface area (Å²) in [5, 5.41) is 5.73. The second-order valence-corrected chi connectivity index (χ2v) is 4.65. The van der Waals surface area contributed by atoms with E-state index in [1.807, 2.05) is 0 Å². The molecule has 2 N–H and O–H groups in total. The monoisotopic (exact) mass is 406 g/mol. The van der Waals surface area contributed by atoms with Gasteiger partial charge in [-0.1, -0.05) is 0 Å². The van der Waals surface area contributed by atoms with Crippen LogP contribution in [0.2, 0.25) is 0 Å². The fourth-order valence-corrected chi connectivity index (χ4v) is 2.16. The molecule has 0 aliphatic carbocycles. The molecule has 0 spiro atoms. The van der Waals surface area contributed by atoms with E-state index in [4.69, 9.17) is 0 Å². The number of nitrogens with one attached hydrogen (secondary N) is 2. The third kappa shape index (κ3) is 5.49. The Balaban J connectivity index is 0.00000220. The largest absolute Gasteiger partial charge is 0.347 e. The number of guanidine groups is 1. The van der Waals surface area contributed by atoms with Crippen LogP contribution in [-0.4, -0.2) is 43.4 Å². The fourth-order valence-electron chi connectivity index (χ4n) is 2.16. The average molecular weight is 406 g/mol. The summed E-state index contributed by atoms with van der Waals surface area (Å²) in [4.78, 5) is 18.1. The summed E-state index contributed by atoms with van der Waals surface area (Å²) in [7, 11) is 1.71. The van der Waals surface area contributed by atoms with Crippen molar-refractivity contribution in [2.24, 2.45) is 4.99 Å². The molecule has 5 nitrogen and oxygen atoms in total. The number of carbonyl (C=O) groups excluding carboxylic acids is 1. The van der Waals surface area contributed by atoms with Crippen LogP contribution in [0, 0.1) is 5.82 Å². The molecule has 21 heavy (non-hydrogen) atoms. The molecule has 1 aromatic rings. The van der Waals surface area contributed by atoms with Crippen molar-refractivity contribution in [2.45, 2.75) is 12.8 Å². The molecule has 0 radical (unpaired) electrons. The number of hydrogen-bond acceptors (Lipinski definition) is 2. The van der Waals surface area contributed by atoms with Crippen molar-refractivity contribution in [3.8, 4) is 0 Å². The van der Waals surface area contributed by atoms with Crippen LogP contribution in [0.25, 0.3) is 0 Å². The van der Waals surface area contributed by atoms with Crippen LogP contribution in [0.1, 0.15) is 12.8 Å². The number of halogens is 2. The number of hydrogen-bond donors (Lipinski definition) is 2. The van der Waals surface area contributed by atoms with E-state index in [-0.39, 0.29) is 42.2 Å². The predicted molar refractivity (Wildman–Crippen MR) is 92.6 cm³/mol. The zero-order valence-electron chi connectivity index (χ0n) is 11.9. The molecule has 1 fully saturated rings. The lowest BCUT2D eigenvalue weighted by atomic mass is 10.3. The van der Waals surface area contributed by atoms with E-state index in [1.165, 1.54) is 24.3 Å². The van der Waals surface area contributed by atoms with Gasteiger partial charge in [-0.05, 0) is 37.1 Å². The van der Waals surface area contributed by atoms with Crippen LogP contribution in [0.3, 0.4) is 0 Å². The molecule has 2 rings (SSSR count). The van der Waals surface area contributed by atoms with Crippen LogP contribution in [0.4, 0.5) is 10.1 Å². The minimum Gasteiger partial charge on any atom is -0.347 e. The maximum atomic E-state index is 12.8. The van der Waals surface area contributed by atoms with Crippen molar-refractivity contribution in [2.75, 3.05) is 32.0 Å². The zero-order valence-corrected chi connectivity index (χ0v) is 14.3. The molecule has 1 aliphatic rings. The molecule has 116 valence electrons. The van der Waals surface area contributed by atoms with E-state index in [1.54, 1.807) is 7.05 Å². The molecule has 1 heterocycles. The third-order valence-corrected chi connectivity index (χ3v) is 3.15. The molecule has 1 amide bonds. The Hall–Kier alpha value is -1.38. The Morgan fingerprint density at radius 1 is 1.29 bits per heavy atom. The van der Waals surface area contributed by atoms with Gasteiger partial charge in [-0.25, -0.2) is 4.39 Å². The van der Waals surface area contributed by atoms with Gasteiger partial charge >= 0.3 is 0 Å². The van der Waals surface area contributed by atoms with E-state index in [0.29, 0.717) is 5.69 Å². The fraction of sp³-hybridized carbons (Fsp3) is 0.429. The van der Waals surface area contributed by atoms with Gasteiger partial charge in [0, 0.05) is 25.8 Å². The van der Waals surface area contributed by atoms with Gasteiger partial charge in [0.05, 0.1) is 6.54 Å². The van der Waals surface area contributed by atoms with Crippen molar-refractivity contribution in [3.05, 3.63) is 30.1 Å². The summed E-state index contributed by atoms with van der Waals surface area (Å²) in [6.07, 6.45) is 2.31. The van der Waals surface area contributed by atoms with Gasteiger partial charge in [0.25, 0.3) is 0 Å². The summed E-state index contributed by atoms with van der Waals surface area (Å²) >= 11 is 0. The van der Waals surface area contributed by atoms with Crippen molar-refractivity contribution in [1.29, 1.82) is 0 Å². The molecule has 0 bridgehead atoms. The van der Waals surface area contributed by atoms with E-state index in [0.717, 1.165) is 31.9 Å². The molecule has 0 aromatic heterocycles. The van der Waals surface area contributed by atoms with Gasteiger partial charge in [-0.15, -0.1) is 24.0 Å². The standard InChI is InChI=1S/C14H19FN4O.HI/c1-16-14(19-8-2-3-9-19)17-10-13(20)18-12-6-4-11(15)5-7-12;/h4-7H,2-3,8-10H2,1H3,(H,16,17)(H,18,20);1H. The molecule has 1 aromatic carbocycles. The van der Waals surface area contributed by atoms with Crippen molar-refractivity contribution >= 4 is 41.5 Å². The van der Waals surface area contributed by atoms with E-state index < -0.39 is 0 Å². The Morgan fingerprint density at radius 3 is 2.48 bits per heavy atom. The molecule has 0 atom stereocenters. The summed E-state index contributed by atoms with van der Waals surface area (Å²) in [6.45, 7) is 2.08. The second kappa shape index (κ2) is 8.81. The van der Waals surface area contributed by atoms with Crippen LogP contribution in [0.15, 0.2) is 29.3 Å². The number of rotatable bonds is 3. The topological polar surface area (TPSA) is 56.7 Å². The first-order valence-corrected chi connectivity index (χ1v) is 6.70. The van der Waals surface area contributed by atoms with Crippen LogP contribution in [0.5, 0.6) is 0 Å². The van der Waals surface area contributed by atoms with E-state index >= 15 is 0 Å². The Morgan fingerprint density at radius 2 is 1.90 bits per heavy atom. The molecule has 1 saturated heterocycles. The summed E-state index contributed by atoms with van der Waals surface area (Å²) in [5.74, 6) is 0.240. The Labute approximate surface area is 141 Å². The maximum Gasteiger partial charge on any atom is 0.243 e. The Kier molecular flexibility index (Phi) is 7.41. The first-order valence-electron chi connectivity index (χ1n) is 6.70. The highest BCUT2D eigenvalue weighted by Crippen LogP contribution is 2.08. The van der Waals surface area contributed by atoms with Gasteiger partial charge in [0.15, 0.2) is 5.96 Å². The zero-order chi connectivity index (χ0) is 14.4. The van der Waals surface area contributed by atoms with Gasteiger partial charge in [-0.3, -0.25) is 9.79 Å². The number of carbonyl (C=O) groups is 1. The highest BCUT2D eigenvalue weighted by molar-refractivity contribution is 14.0. The van der Waals surface area contributed by atoms with E-state index in [9.17, 15) is 9.18 Å². The van der Waals surface area contributed by atoms with E-state index in [2.05, 4.69) is 20.5 Å². The van der Waals surface area contributed by atoms with Gasteiger partial charge in [0.2, 0.25) is 5.91 Å². The van der Waals surface area contributed by atoms with Crippen LogP contribution < -0.4 is 10.6 Å². The number of aliphatic imine (C=N–C) groups is 1. The molecule has 0 saturated carbocycles. The van der Waals surface area contributed by atoms with Gasteiger partial charge < -0.3 is 15.5 Å². The van der Waals surface area contributed by atoms with Crippen LogP contribution in [-0.2, 0) is 4.79 Å². The average Bonchev–Trinajstić information content (AvgIpc) is 2.96. The van der Waals surface area contributed by atoms with Crippen molar-refractivity contribution in [1.82, 2.24) is 10.2 Å². The quantitative estimate of drug-likeness (QED) is 0.459. The van der Waals surface area contributed by atoms with Crippen molar-refractivity contribution in [3.63, 3.8) is 0 Å². The maximum absolute atomic E-state index is 12.8. The predicted octanol–water partition coefficient (Wildman–Crippen LogP) is 2.05. The molecular formula is C14H20FIN4O. The Bertz CT molecular complexity index is 486. The number of nitrogens with zero attached hydrogens (tertiary/aromatic N) is 2. The minimum absolute atomic E-state index is 0. The molecule has 1 aliphatic heterocycles. The lowest BCUT2D eigenvalue weighted by Gasteiger charge is -2.20. The normalized spacial score (nSPS) is 14.6. The highest BCUT2D eigenvalue weighted by atomic mass is 127. The summed E-state index contributed by atoms with van der Waals surface area (Å²) in [5.41, 5.74) is 0.578. The third-order valence-electron chi connectivity index (χ3n) is 3.15. The smallest absolute Gasteiger partial charge is 0.243 e. The number of amides is 1. The molecular weight excluding hydrogens is 386 g/mol. The second-order valence-electron chi connectivity index (χ2n) is 4.65.